The number of carbonyl (C=O) groups excluding carboxylic acids is 1. The molecule has 1 amide bonds. The molecule has 17 heteroatoms. The Morgan fingerprint density at radius 3 is 2.42 bits per heavy atom. The summed E-state index contributed by atoms with van der Waals surface area (Å²) in [5.74, 6) is -0.312. The summed E-state index contributed by atoms with van der Waals surface area (Å²) in [4.78, 5) is 45.1. The predicted octanol–water partition coefficient (Wildman–Crippen LogP) is 3.09. The van der Waals surface area contributed by atoms with Gasteiger partial charge in [0.25, 0.3) is 11.5 Å². The third-order valence-electron chi connectivity index (χ3n) is 11.0. The van der Waals surface area contributed by atoms with E-state index in [9.17, 15) is 22.8 Å². The van der Waals surface area contributed by atoms with Crippen molar-refractivity contribution >= 4 is 37.5 Å². The Bertz CT molecular complexity index is 2230. The highest BCUT2D eigenvalue weighted by atomic mass is 32.2. The Balaban J connectivity index is 1.27. The zero-order valence-corrected chi connectivity index (χ0v) is 30.9. The van der Waals surface area contributed by atoms with Crippen LogP contribution in [0.4, 0.5) is 0 Å². The summed E-state index contributed by atoms with van der Waals surface area (Å²) in [7, 11) is -2.44. The van der Waals surface area contributed by atoms with Crippen LogP contribution in [0.25, 0.3) is 15.2 Å². The third kappa shape index (κ3) is 6.09. The molecular formula is C35H42N6O9S2. The number of thiophene rings is 1. The van der Waals surface area contributed by atoms with Gasteiger partial charge in [0, 0.05) is 18.2 Å². The van der Waals surface area contributed by atoms with Gasteiger partial charge in [-0.15, -0.1) is 4.80 Å². The number of methoxy groups -OCH3 is 1. The molecule has 2 aliphatic heterocycles. The summed E-state index contributed by atoms with van der Waals surface area (Å²) >= 11 is 1.19. The summed E-state index contributed by atoms with van der Waals surface area (Å²) in [6.45, 7) is 3.95. The van der Waals surface area contributed by atoms with Crippen LogP contribution in [0.5, 0.6) is 5.75 Å². The third-order valence-corrected chi connectivity index (χ3v) is 14.4. The van der Waals surface area contributed by atoms with E-state index >= 15 is 0 Å². The van der Waals surface area contributed by atoms with Gasteiger partial charge < -0.3 is 18.9 Å². The number of para-hydroxylation sites is 1. The van der Waals surface area contributed by atoms with E-state index in [4.69, 9.17) is 18.9 Å². The Labute approximate surface area is 303 Å². The molecule has 278 valence electrons. The normalized spacial score (nSPS) is 23.4. The average molecular weight is 755 g/mol. The standard InChI is InChI=1S/C35H42N6O9S2/c1-21-28-29(42)40(35(12-13-35)32(43)38-52(45,46)34(2)10-11-34)33(44)39(31(28)51-30(21)41-36-14-15-37-41)20-27(50-24-18-22-8-9-23(19-24)49-22)25-6-4-5-7-26(25)48-17-16-47-3/h4-7,14-15,22-24,27H,8-13,16-20H2,1-3H3,(H,38,43)/t22-,23+,24?,27?. The number of aryl methyl sites for hydroxylation is 1. The van der Waals surface area contributed by atoms with E-state index in [0.29, 0.717) is 65.6 Å². The van der Waals surface area contributed by atoms with Crippen molar-refractivity contribution in [1.29, 1.82) is 0 Å². The van der Waals surface area contributed by atoms with Crippen LogP contribution >= 0.6 is 11.3 Å². The molecule has 5 heterocycles. The van der Waals surface area contributed by atoms with Crippen molar-refractivity contribution in [2.75, 3.05) is 20.3 Å². The monoisotopic (exact) mass is 754 g/mol. The van der Waals surface area contributed by atoms with E-state index in [1.54, 1.807) is 21.0 Å². The Morgan fingerprint density at radius 2 is 1.77 bits per heavy atom. The van der Waals surface area contributed by atoms with Crippen molar-refractivity contribution in [3.05, 3.63) is 68.6 Å². The molecule has 15 nitrogen and oxygen atoms in total. The fourth-order valence-electron chi connectivity index (χ4n) is 7.49. The van der Waals surface area contributed by atoms with Crippen LogP contribution in [0.1, 0.15) is 75.5 Å². The zero-order chi connectivity index (χ0) is 36.4. The largest absolute Gasteiger partial charge is 0.491 e. The fraction of sp³-hybridized carbons (Fsp3) is 0.571. The van der Waals surface area contributed by atoms with Gasteiger partial charge in [-0.05, 0) is 71.3 Å². The molecule has 2 saturated heterocycles. The predicted molar refractivity (Wildman–Crippen MR) is 190 cm³/mol. The lowest BCUT2D eigenvalue weighted by atomic mass is 10.0. The number of aromatic nitrogens is 5. The Kier molecular flexibility index (Phi) is 8.92. The second-order valence-electron chi connectivity index (χ2n) is 14.5. The molecule has 4 aliphatic rings. The zero-order valence-electron chi connectivity index (χ0n) is 29.3. The van der Waals surface area contributed by atoms with Crippen LogP contribution in [0.15, 0.2) is 46.2 Å². The number of amides is 1. The molecule has 3 aromatic heterocycles. The SMILES string of the molecule is COCCOc1ccccc1C(Cn1c(=O)n(C2(C(=O)NS(=O)(=O)C3(C)CC3)CC2)c(=O)c2c(C)c(-n3nccn3)sc21)OC1C[C@H]2CC[C@@H](C1)O2. The molecule has 8 rings (SSSR count). The molecule has 4 atom stereocenters. The summed E-state index contributed by atoms with van der Waals surface area (Å²) in [6.07, 6.45) is 6.79. The molecule has 4 fully saturated rings. The van der Waals surface area contributed by atoms with Gasteiger partial charge >= 0.3 is 5.69 Å². The van der Waals surface area contributed by atoms with E-state index < -0.39 is 43.6 Å². The summed E-state index contributed by atoms with van der Waals surface area (Å²) in [6, 6.07) is 7.48. The molecule has 1 N–H and O–H groups in total. The molecule has 0 radical (unpaired) electrons. The molecule has 2 unspecified atom stereocenters. The molecular weight excluding hydrogens is 713 g/mol. The summed E-state index contributed by atoms with van der Waals surface area (Å²) < 4.78 is 54.4. The quantitative estimate of drug-likeness (QED) is 0.187. The molecule has 2 saturated carbocycles. The first kappa shape index (κ1) is 35.1. The van der Waals surface area contributed by atoms with Gasteiger partial charge in [-0.25, -0.2) is 17.8 Å². The van der Waals surface area contributed by atoms with Gasteiger partial charge in [0.2, 0.25) is 10.0 Å². The summed E-state index contributed by atoms with van der Waals surface area (Å²) in [5, 5.41) is 9.32. The number of fused-ring (bicyclic) bond motifs is 3. The van der Waals surface area contributed by atoms with Crippen molar-refractivity contribution in [3.8, 4) is 10.8 Å². The molecule has 0 spiro atoms. The first-order valence-corrected chi connectivity index (χ1v) is 20.0. The maximum absolute atomic E-state index is 14.9. The first-order chi connectivity index (χ1) is 24.9. The number of sulfonamides is 1. The minimum absolute atomic E-state index is 0.0348. The number of hydrogen-bond donors (Lipinski definition) is 1. The smallest absolute Gasteiger partial charge is 0.333 e. The number of benzene rings is 1. The number of rotatable bonds is 14. The second-order valence-corrected chi connectivity index (χ2v) is 17.7. The van der Waals surface area contributed by atoms with E-state index in [0.717, 1.165) is 17.4 Å². The highest BCUT2D eigenvalue weighted by molar-refractivity contribution is 7.91. The van der Waals surface area contributed by atoms with Gasteiger partial charge in [-0.2, -0.15) is 10.2 Å². The minimum Gasteiger partial charge on any atom is -0.491 e. The van der Waals surface area contributed by atoms with Crippen LogP contribution in [-0.4, -0.2) is 81.8 Å². The van der Waals surface area contributed by atoms with Gasteiger partial charge in [0.05, 0.1) is 54.0 Å². The Morgan fingerprint density at radius 1 is 1.08 bits per heavy atom. The fourth-order valence-corrected chi connectivity index (χ4v) is 10.0. The van der Waals surface area contributed by atoms with Crippen molar-refractivity contribution in [1.82, 2.24) is 28.9 Å². The molecule has 2 aliphatic carbocycles. The maximum Gasteiger partial charge on any atom is 0.333 e. The van der Waals surface area contributed by atoms with Crippen LogP contribution < -0.4 is 20.7 Å². The number of nitrogens with one attached hydrogen (secondary N) is 1. The minimum atomic E-state index is -4.03. The summed E-state index contributed by atoms with van der Waals surface area (Å²) in [5.41, 5.74) is -1.84. The molecule has 4 aromatic rings. The molecule has 52 heavy (non-hydrogen) atoms. The lowest BCUT2D eigenvalue weighted by Crippen LogP contribution is -2.53. The highest BCUT2D eigenvalue weighted by Crippen LogP contribution is 2.46. The van der Waals surface area contributed by atoms with Crippen LogP contribution in [-0.2, 0) is 41.1 Å². The lowest BCUT2D eigenvalue weighted by Gasteiger charge is -2.32. The van der Waals surface area contributed by atoms with E-state index in [1.165, 1.54) is 33.1 Å². The van der Waals surface area contributed by atoms with Gasteiger partial charge in [0.15, 0.2) is 0 Å². The van der Waals surface area contributed by atoms with Gasteiger partial charge in [-0.3, -0.25) is 18.9 Å². The van der Waals surface area contributed by atoms with Crippen LogP contribution in [0, 0.1) is 6.92 Å². The highest BCUT2D eigenvalue weighted by Gasteiger charge is 2.58. The molecule has 2 bridgehead atoms. The van der Waals surface area contributed by atoms with E-state index in [2.05, 4.69) is 14.9 Å². The topological polar surface area (TPSA) is 175 Å². The van der Waals surface area contributed by atoms with Crippen molar-refractivity contribution in [2.45, 2.75) is 106 Å². The van der Waals surface area contributed by atoms with Crippen LogP contribution in [0.3, 0.4) is 0 Å². The van der Waals surface area contributed by atoms with Crippen molar-refractivity contribution in [2.24, 2.45) is 0 Å². The molecule has 1 aromatic carbocycles. The van der Waals surface area contributed by atoms with Crippen molar-refractivity contribution < 1.29 is 32.2 Å². The van der Waals surface area contributed by atoms with E-state index in [1.807, 2.05) is 24.3 Å². The Hall–Kier alpha value is -3.90. The number of carbonyl (C=O) groups is 1. The number of nitrogens with zero attached hydrogens (tertiary/aromatic N) is 5. The number of ether oxygens (including phenoxy) is 4. The van der Waals surface area contributed by atoms with E-state index in [-0.39, 0.29) is 43.1 Å². The first-order valence-electron chi connectivity index (χ1n) is 17.7. The number of hydrogen-bond acceptors (Lipinski definition) is 12. The average Bonchev–Trinajstić information content (AvgIpc) is 3.92. The maximum atomic E-state index is 14.9. The van der Waals surface area contributed by atoms with Crippen molar-refractivity contribution in [3.63, 3.8) is 0 Å². The lowest BCUT2D eigenvalue weighted by molar-refractivity contribution is -0.124. The second kappa shape index (κ2) is 13.2. The van der Waals surface area contributed by atoms with Gasteiger partial charge in [0.1, 0.15) is 33.8 Å². The van der Waals surface area contributed by atoms with Crippen LogP contribution in [0.2, 0.25) is 0 Å². The van der Waals surface area contributed by atoms with Gasteiger partial charge in [-0.1, -0.05) is 29.5 Å².